The van der Waals surface area contributed by atoms with E-state index in [4.69, 9.17) is 4.74 Å². The predicted octanol–water partition coefficient (Wildman–Crippen LogP) is 0.884. The first-order valence-electron chi connectivity index (χ1n) is 5.47. The fourth-order valence-corrected chi connectivity index (χ4v) is 1.77. The first-order chi connectivity index (χ1) is 8.26. The van der Waals surface area contributed by atoms with E-state index >= 15 is 0 Å². The second-order valence-electron chi connectivity index (χ2n) is 4.00. The van der Waals surface area contributed by atoms with Crippen molar-refractivity contribution in [2.45, 2.75) is 18.4 Å². The van der Waals surface area contributed by atoms with Gasteiger partial charge in [-0.3, -0.25) is 9.78 Å². The quantitative estimate of drug-likeness (QED) is 0.820. The van der Waals surface area contributed by atoms with E-state index in [1.807, 2.05) is 0 Å². The molecule has 1 aliphatic heterocycles. The molecule has 1 fully saturated rings. The molecule has 5 heteroatoms. The Kier molecular flexibility index (Phi) is 3.35. The lowest BCUT2D eigenvalue weighted by atomic mass is 9.91. The van der Waals surface area contributed by atoms with Crippen molar-refractivity contribution in [3.05, 3.63) is 30.1 Å². The molecule has 1 aromatic heterocycles. The fraction of sp³-hybridized carbons (Fsp3) is 0.417. The number of nitrogens with one attached hydrogen (secondary N) is 1. The molecule has 2 heterocycles. The third-order valence-corrected chi connectivity index (χ3v) is 2.84. The lowest BCUT2D eigenvalue weighted by molar-refractivity contribution is 0.0531. The predicted molar refractivity (Wildman–Crippen MR) is 60.1 cm³/mol. The molecular weight excluding hydrogens is 218 g/mol. The lowest BCUT2D eigenvalue weighted by Crippen LogP contribution is -2.50. The van der Waals surface area contributed by atoms with Crippen LogP contribution in [0.2, 0.25) is 0 Å². The average molecular weight is 231 g/mol. The van der Waals surface area contributed by atoms with Crippen LogP contribution in [0, 0.1) is 11.3 Å². The highest BCUT2D eigenvalue weighted by molar-refractivity contribution is 5.94. The minimum atomic E-state index is -0.800. The molecule has 0 bridgehead atoms. The number of hydrogen-bond donors (Lipinski definition) is 1. The SMILES string of the molecule is N#CC1(NC(=O)c2cccnc2)CCOCC1. The second-order valence-corrected chi connectivity index (χ2v) is 4.00. The minimum Gasteiger partial charge on any atom is -0.381 e. The molecule has 5 nitrogen and oxygen atoms in total. The highest BCUT2D eigenvalue weighted by atomic mass is 16.5. The van der Waals surface area contributed by atoms with Crippen LogP contribution in [0.25, 0.3) is 0 Å². The summed E-state index contributed by atoms with van der Waals surface area (Å²) >= 11 is 0. The van der Waals surface area contributed by atoms with Crippen LogP contribution in [0.1, 0.15) is 23.2 Å². The van der Waals surface area contributed by atoms with Crippen molar-refractivity contribution in [1.29, 1.82) is 5.26 Å². The summed E-state index contributed by atoms with van der Waals surface area (Å²) < 4.78 is 5.20. The Balaban J connectivity index is 2.10. The van der Waals surface area contributed by atoms with Gasteiger partial charge in [-0.05, 0) is 12.1 Å². The summed E-state index contributed by atoms with van der Waals surface area (Å²) in [6.45, 7) is 1.00. The average Bonchev–Trinajstić information content (AvgIpc) is 2.41. The van der Waals surface area contributed by atoms with Gasteiger partial charge >= 0.3 is 0 Å². The molecule has 0 aromatic carbocycles. The molecule has 88 valence electrons. The molecule has 1 N–H and O–H groups in total. The molecule has 1 aliphatic rings. The van der Waals surface area contributed by atoms with Gasteiger partial charge in [0, 0.05) is 38.4 Å². The zero-order valence-corrected chi connectivity index (χ0v) is 9.35. The Labute approximate surface area is 99.4 Å². The highest BCUT2D eigenvalue weighted by Gasteiger charge is 2.34. The standard InChI is InChI=1S/C12H13N3O2/c13-9-12(3-6-17-7-4-12)15-11(16)10-2-1-5-14-8-10/h1-2,5,8H,3-4,6-7H2,(H,15,16). The Morgan fingerprint density at radius 1 is 1.53 bits per heavy atom. The zero-order chi connectivity index (χ0) is 12.1. The zero-order valence-electron chi connectivity index (χ0n) is 9.35. The molecule has 2 rings (SSSR count). The normalized spacial score (nSPS) is 18.1. The van der Waals surface area contributed by atoms with E-state index in [2.05, 4.69) is 16.4 Å². The fourth-order valence-electron chi connectivity index (χ4n) is 1.77. The van der Waals surface area contributed by atoms with E-state index in [0.29, 0.717) is 31.6 Å². The van der Waals surface area contributed by atoms with Gasteiger partial charge in [-0.25, -0.2) is 0 Å². The highest BCUT2D eigenvalue weighted by Crippen LogP contribution is 2.20. The lowest BCUT2D eigenvalue weighted by Gasteiger charge is -2.31. The first-order valence-corrected chi connectivity index (χ1v) is 5.47. The summed E-state index contributed by atoms with van der Waals surface area (Å²) in [7, 11) is 0. The number of aromatic nitrogens is 1. The molecule has 0 unspecified atom stereocenters. The molecular formula is C12H13N3O2. The Hall–Kier alpha value is -1.93. The van der Waals surface area contributed by atoms with Crippen LogP contribution < -0.4 is 5.32 Å². The van der Waals surface area contributed by atoms with E-state index in [-0.39, 0.29) is 5.91 Å². The summed E-state index contributed by atoms with van der Waals surface area (Å²) in [6.07, 6.45) is 4.13. The van der Waals surface area contributed by atoms with E-state index in [0.717, 1.165) is 0 Å². The number of ether oxygens (including phenoxy) is 1. The molecule has 0 aliphatic carbocycles. The van der Waals surface area contributed by atoms with E-state index in [1.54, 1.807) is 18.3 Å². The Morgan fingerprint density at radius 3 is 2.88 bits per heavy atom. The van der Waals surface area contributed by atoms with Crippen LogP contribution in [-0.4, -0.2) is 29.6 Å². The summed E-state index contributed by atoms with van der Waals surface area (Å²) in [6, 6.07) is 5.55. The van der Waals surface area contributed by atoms with Crippen LogP contribution in [0.3, 0.4) is 0 Å². The number of pyridine rings is 1. The molecule has 1 amide bonds. The second kappa shape index (κ2) is 4.93. The number of carbonyl (C=O) groups is 1. The maximum atomic E-state index is 11.9. The van der Waals surface area contributed by atoms with Crippen molar-refractivity contribution in [3.63, 3.8) is 0 Å². The van der Waals surface area contributed by atoms with Gasteiger partial charge in [-0.2, -0.15) is 5.26 Å². The summed E-state index contributed by atoms with van der Waals surface area (Å²) in [5.41, 5.74) is -0.334. The molecule has 0 atom stereocenters. The third-order valence-electron chi connectivity index (χ3n) is 2.84. The van der Waals surface area contributed by atoms with Gasteiger partial charge < -0.3 is 10.1 Å². The Morgan fingerprint density at radius 2 is 2.29 bits per heavy atom. The topological polar surface area (TPSA) is 75.0 Å². The van der Waals surface area contributed by atoms with Crippen molar-refractivity contribution in [3.8, 4) is 6.07 Å². The van der Waals surface area contributed by atoms with Crippen LogP contribution in [0.5, 0.6) is 0 Å². The van der Waals surface area contributed by atoms with Crippen LogP contribution in [-0.2, 0) is 4.74 Å². The van der Waals surface area contributed by atoms with Crippen molar-refractivity contribution in [2.75, 3.05) is 13.2 Å². The van der Waals surface area contributed by atoms with Crippen molar-refractivity contribution in [2.24, 2.45) is 0 Å². The number of carbonyl (C=O) groups excluding carboxylic acids is 1. The van der Waals surface area contributed by atoms with E-state index in [1.165, 1.54) is 6.20 Å². The van der Waals surface area contributed by atoms with Gasteiger partial charge in [0.25, 0.3) is 5.91 Å². The van der Waals surface area contributed by atoms with Gasteiger partial charge in [0.1, 0.15) is 5.54 Å². The van der Waals surface area contributed by atoms with Crippen LogP contribution in [0.15, 0.2) is 24.5 Å². The molecule has 1 saturated heterocycles. The van der Waals surface area contributed by atoms with Gasteiger partial charge in [0.05, 0.1) is 11.6 Å². The van der Waals surface area contributed by atoms with Crippen molar-refractivity contribution >= 4 is 5.91 Å². The molecule has 0 radical (unpaired) electrons. The number of amides is 1. The summed E-state index contributed by atoms with van der Waals surface area (Å²) in [5.74, 6) is -0.262. The van der Waals surface area contributed by atoms with Gasteiger partial charge in [-0.1, -0.05) is 0 Å². The molecule has 17 heavy (non-hydrogen) atoms. The number of rotatable bonds is 2. The smallest absolute Gasteiger partial charge is 0.254 e. The van der Waals surface area contributed by atoms with Crippen LogP contribution in [0.4, 0.5) is 0 Å². The monoisotopic (exact) mass is 231 g/mol. The number of hydrogen-bond acceptors (Lipinski definition) is 4. The van der Waals surface area contributed by atoms with Crippen molar-refractivity contribution < 1.29 is 9.53 Å². The van der Waals surface area contributed by atoms with E-state index < -0.39 is 5.54 Å². The van der Waals surface area contributed by atoms with Gasteiger partial charge in [0.2, 0.25) is 0 Å². The summed E-state index contributed by atoms with van der Waals surface area (Å²) in [4.78, 5) is 15.8. The summed E-state index contributed by atoms with van der Waals surface area (Å²) in [5, 5.41) is 12.0. The first kappa shape index (κ1) is 11.6. The molecule has 0 spiro atoms. The van der Waals surface area contributed by atoms with Gasteiger partial charge in [0.15, 0.2) is 0 Å². The molecule has 1 aromatic rings. The maximum absolute atomic E-state index is 11.9. The molecule has 0 saturated carbocycles. The van der Waals surface area contributed by atoms with Crippen molar-refractivity contribution in [1.82, 2.24) is 10.3 Å². The third kappa shape index (κ3) is 2.60. The van der Waals surface area contributed by atoms with Crippen LogP contribution >= 0.6 is 0 Å². The van der Waals surface area contributed by atoms with E-state index in [9.17, 15) is 10.1 Å². The minimum absolute atomic E-state index is 0.262. The maximum Gasteiger partial charge on any atom is 0.254 e. The van der Waals surface area contributed by atoms with Gasteiger partial charge in [-0.15, -0.1) is 0 Å². The largest absolute Gasteiger partial charge is 0.381 e. The Bertz CT molecular complexity index is 433. The number of nitriles is 1. The number of nitrogens with zero attached hydrogens (tertiary/aromatic N) is 2.